The van der Waals surface area contributed by atoms with Crippen LogP contribution in [0.15, 0.2) is 22.7 Å². The zero-order valence-electron chi connectivity index (χ0n) is 7.31. The van der Waals surface area contributed by atoms with Crippen molar-refractivity contribution in [1.82, 2.24) is 0 Å². The molecule has 2 rings (SSSR count). The molecule has 0 amide bonds. The summed E-state index contributed by atoms with van der Waals surface area (Å²) in [5, 5.41) is 0. The fraction of sp³-hybridized carbons (Fsp3) is 0.400. The average molecular weight is 245 g/mol. The summed E-state index contributed by atoms with van der Waals surface area (Å²) in [6.07, 6.45) is 0.966. The first-order valence-electron chi connectivity index (χ1n) is 4.21. The van der Waals surface area contributed by atoms with Gasteiger partial charge in [-0.1, -0.05) is 6.07 Å². The molecule has 1 heterocycles. The lowest BCUT2D eigenvalue weighted by Crippen LogP contribution is -2.37. The summed E-state index contributed by atoms with van der Waals surface area (Å²) < 4.78 is 19.1. The molecule has 1 aliphatic rings. The molecule has 1 aliphatic heterocycles. The van der Waals surface area contributed by atoms with Crippen LogP contribution >= 0.6 is 15.9 Å². The van der Waals surface area contributed by atoms with Crippen LogP contribution in [0, 0.1) is 5.82 Å². The molecule has 1 aromatic rings. The minimum Gasteiger partial charge on any atom is -0.370 e. The van der Waals surface area contributed by atoms with E-state index in [1.165, 1.54) is 6.07 Å². The molecule has 3 heteroatoms. The van der Waals surface area contributed by atoms with Gasteiger partial charge in [0, 0.05) is 6.42 Å². The van der Waals surface area contributed by atoms with E-state index in [1.807, 2.05) is 13.0 Å². The van der Waals surface area contributed by atoms with E-state index in [-0.39, 0.29) is 11.4 Å². The SMILES string of the molecule is CC1(c2ccc(Br)c(F)c2)CCO1. The van der Waals surface area contributed by atoms with E-state index < -0.39 is 0 Å². The van der Waals surface area contributed by atoms with E-state index in [4.69, 9.17) is 4.74 Å². The fourth-order valence-corrected chi connectivity index (χ4v) is 1.71. The van der Waals surface area contributed by atoms with Gasteiger partial charge in [0.05, 0.1) is 16.7 Å². The molecule has 1 atom stereocenters. The third kappa shape index (κ3) is 1.51. The van der Waals surface area contributed by atoms with Crippen molar-refractivity contribution in [3.63, 3.8) is 0 Å². The molecular formula is C10H10BrFO. The molecular weight excluding hydrogens is 235 g/mol. The van der Waals surface area contributed by atoms with Gasteiger partial charge in [0.15, 0.2) is 0 Å². The number of halogens is 2. The van der Waals surface area contributed by atoms with Crippen LogP contribution < -0.4 is 0 Å². The molecule has 1 saturated heterocycles. The number of ether oxygens (including phenoxy) is 1. The zero-order valence-corrected chi connectivity index (χ0v) is 8.90. The standard InChI is InChI=1S/C10H10BrFO/c1-10(4-5-13-10)7-2-3-8(11)9(12)6-7/h2-3,6H,4-5H2,1H3. The molecule has 1 aromatic carbocycles. The Hall–Kier alpha value is -0.410. The van der Waals surface area contributed by atoms with Gasteiger partial charge in [0.1, 0.15) is 5.82 Å². The molecule has 0 spiro atoms. The van der Waals surface area contributed by atoms with Crippen molar-refractivity contribution in [3.05, 3.63) is 34.1 Å². The van der Waals surface area contributed by atoms with Gasteiger partial charge in [0.2, 0.25) is 0 Å². The first-order chi connectivity index (χ1) is 6.12. The van der Waals surface area contributed by atoms with Gasteiger partial charge in [-0.05, 0) is 40.5 Å². The maximum Gasteiger partial charge on any atom is 0.137 e. The molecule has 1 nitrogen and oxygen atoms in total. The average Bonchev–Trinajstić information content (AvgIpc) is 2.06. The molecule has 0 bridgehead atoms. The number of benzene rings is 1. The molecule has 0 N–H and O–H groups in total. The molecule has 0 radical (unpaired) electrons. The molecule has 1 unspecified atom stereocenters. The van der Waals surface area contributed by atoms with Crippen LogP contribution in [-0.4, -0.2) is 6.61 Å². The van der Waals surface area contributed by atoms with Crippen molar-refractivity contribution < 1.29 is 9.13 Å². The van der Waals surface area contributed by atoms with Gasteiger partial charge in [-0.2, -0.15) is 0 Å². The molecule has 0 aliphatic carbocycles. The quantitative estimate of drug-likeness (QED) is 0.738. The largest absolute Gasteiger partial charge is 0.370 e. The number of hydrogen-bond donors (Lipinski definition) is 0. The van der Waals surface area contributed by atoms with Crippen molar-refractivity contribution in [2.45, 2.75) is 18.9 Å². The second kappa shape index (κ2) is 3.07. The third-order valence-electron chi connectivity index (χ3n) is 2.53. The van der Waals surface area contributed by atoms with Crippen LogP contribution in [-0.2, 0) is 10.3 Å². The molecule has 70 valence electrons. The molecule has 0 aromatic heterocycles. The highest BCUT2D eigenvalue weighted by atomic mass is 79.9. The highest BCUT2D eigenvalue weighted by Crippen LogP contribution is 2.37. The Kier molecular flexibility index (Phi) is 2.16. The highest BCUT2D eigenvalue weighted by molar-refractivity contribution is 9.10. The lowest BCUT2D eigenvalue weighted by molar-refractivity contribution is -0.140. The Balaban J connectivity index is 2.36. The van der Waals surface area contributed by atoms with Crippen LogP contribution in [0.2, 0.25) is 0 Å². The van der Waals surface area contributed by atoms with Crippen molar-refractivity contribution >= 4 is 15.9 Å². The Labute approximate surface area is 85.0 Å². The van der Waals surface area contributed by atoms with Crippen molar-refractivity contribution in [3.8, 4) is 0 Å². The second-order valence-electron chi connectivity index (χ2n) is 3.46. The summed E-state index contributed by atoms with van der Waals surface area (Å²) >= 11 is 3.12. The summed E-state index contributed by atoms with van der Waals surface area (Å²) in [6, 6.07) is 5.15. The predicted octanol–water partition coefficient (Wildman–Crippen LogP) is 3.22. The maximum atomic E-state index is 13.2. The lowest BCUT2D eigenvalue weighted by Gasteiger charge is -2.39. The number of rotatable bonds is 1. The van der Waals surface area contributed by atoms with Gasteiger partial charge in [0.25, 0.3) is 0 Å². The van der Waals surface area contributed by atoms with E-state index >= 15 is 0 Å². The minimum atomic E-state index is -0.262. The maximum absolute atomic E-state index is 13.2. The van der Waals surface area contributed by atoms with Gasteiger partial charge in [-0.25, -0.2) is 4.39 Å². The summed E-state index contributed by atoms with van der Waals surface area (Å²) in [6.45, 7) is 2.76. The molecule has 1 fully saturated rings. The van der Waals surface area contributed by atoms with Gasteiger partial charge in [-0.3, -0.25) is 0 Å². The summed E-state index contributed by atoms with van der Waals surface area (Å²) in [5.74, 6) is -0.228. The second-order valence-corrected chi connectivity index (χ2v) is 4.31. The highest BCUT2D eigenvalue weighted by Gasteiger charge is 2.35. The zero-order chi connectivity index (χ0) is 9.47. The lowest BCUT2D eigenvalue weighted by atomic mass is 9.89. The summed E-state index contributed by atoms with van der Waals surface area (Å²) in [4.78, 5) is 0. The van der Waals surface area contributed by atoms with E-state index in [2.05, 4.69) is 15.9 Å². The Morgan fingerprint density at radius 1 is 1.54 bits per heavy atom. The Morgan fingerprint density at radius 2 is 2.23 bits per heavy atom. The van der Waals surface area contributed by atoms with Crippen LogP contribution in [0.3, 0.4) is 0 Å². The van der Waals surface area contributed by atoms with Crippen LogP contribution in [0.4, 0.5) is 4.39 Å². The van der Waals surface area contributed by atoms with Crippen molar-refractivity contribution in [1.29, 1.82) is 0 Å². The van der Waals surface area contributed by atoms with Gasteiger partial charge in [-0.15, -0.1) is 0 Å². The van der Waals surface area contributed by atoms with Gasteiger partial charge < -0.3 is 4.74 Å². The van der Waals surface area contributed by atoms with E-state index in [0.29, 0.717) is 4.47 Å². The fourth-order valence-electron chi connectivity index (χ4n) is 1.46. The van der Waals surface area contributed by atoms with Crippen molar-refractivity contribution in [2.24, 2.45) is 0 Å². The van der Waals surface area contributed by atoms with E-state index in [0.717, 1.165) is 18.6 Å². The van der Waals surface area contributed by atoms with Gasteiger partial charge >= 0.3 is 0 Å². The summed E-state index contributed by atoms with van der Waals surface area (Å²) in [7, 11) is 0. The third-order valence-corrected chi connectivity index (χ3v) is 3.17. The minimum absolute atomic E-state index is 0.228. The number of hydrogen-bond acceptors (Lipinski definition) is 1. The predicted molar refractivity (Wildman–Crippen MR) is 52.0 cm³/mol. The molecule has 0 saturated carbocycles. The van der Waals surface area contributed by atoms with Crippen LogP contribution in [0.25, 0.3) is 0 Å². The van der Waals surface area contributed by atoms with Crippen LogP contribution in [0.5, 0.6) is 0 Å². The monoisotopic (exact) mass is 244 g/mol. The normalized spacial score (nSPS) is 27.0. The van der Waals surface area contributed by atoms with Crippen LogP contribution in [0.1, 0.15) is 18.9 Å². The summed E-state index contributed by atoms with van der Waals surface area (Å²) in [5.41, 5.74) is 0.654. The van der Waals surface area contributed by atoms with E-state index in [1.54, 1.807) is 6.07 Å². The first kappa shape index (κ1) is 9.16. The topological polar surface area (TPSA) is 9.23 Å². The first-order valence-corrected chi connectivity index (χ1v) is 5.01. The molecule has 13 heavy (non-hydrogen) atoms. The van der Waals surface area contributed by atoms with Crippen molar-refractivity contribution in [2.75, 3.05) is 6.61 Å². The smallest absolute Gasteiger partial charge is 0.137 e. The van der Waals surface area contributed by atoms with E-state index in [9.17, 15) is 4.39 Å². The Morgan fingerprint density at radius 3 is 2.69 bits per heavy atom. The Bertz CT molecular complexity index is 334.